The number of rotatable bonds is 1. The van der Waals surface area contributed by atoms with Crippen LogP contribution in [0.25, 0.3) is 11.0 Å². The average Bonchev–Trinajstić information content (AvgIpc) is 3.04. The second-order valence-corrected chi connectivity index (χ2v) is 8.69. The number of hydrogen-bond acceptors (Lipinski definition) is 4. The van der Waals surface area contributed by atoms with Crippen molar-refractivity contribution in [1.82, 2.24) is 14.5 Å². The van der Waals surface area contributed by atoms with Crippen LogP contribution in [0.15, 0.2) is 18.2 Å². The fourth-order valence-corrected chi connectivity index (χ4v) is 4.35. The molecule has 2 fully saturated rings. The molecule has 0 radical (unpaired) electrons. The van der Waals surface area contributed by atoms with Crippen molar-refractivity contribution >= 4 is 23.1 Å². The first-order valence-corrected chi connectivity index (χ1v) is 9.07. The molecule has 0 bridgehead atoms. The van der Waals surface area contributed by atoms with Gasteiger partial charge in [0.05, 0.1) is 11.0 Å². The fourth-order valence-electron chi connectivity index (χ4n) is 4.35. The number of carbonyl (C=O) groups is 1. The van der Waals surface area contributed by atoms with Crippen LogP contribution in [0.5, 0.6) is 0 Å². The molecule has 2 aliphatic rings. The van der Waals surface area contributed by atoms with E-state index in [4.69, 9.17) is 10.5 Å². The van der Waals surface area contributed by atoms with Gasteiger partial charge in [-0.15, -0.1) is 0 Å². The van der Waals surface area contributed by atoms with Gasteiger partial charge in [-0.1, -0.05) is 0 Å². The Balaban J connectivity index is 1.46. The molecule has 1 saturated carbocycles. The number of fused-ring (bicyclic) bond motifs is 1. The minimum Gasteiger partial charge on any atom is -0.444 e. The molecule has 2 heterocycles. The topological polar surface area (TPSA) is 73.4 Å². The third kappa shape index (κ3) is 2.89. The second-order valence-electron chi connectivity index (χ2n) is 8.69. The summed E-state index contributed by atoms with van der Waals surface area (Å²) in [5.41, 5.74) is 7.20. The number of ether oxygens (including phenoxy) is 1. The zero-order valence-electron chi connectivity index (χ0n) is 15.5. The van der Waals surface area contributed by atoms with Crippen molar-refractivity contribution in [1.29, 1.82) is 0 Å². The lowest BCUT2D eigenvalue weighted by Gasteiger charge is -2.46. The largest absolute Gasteiger partial charge is 0.444 e. The lowest BCUT2D eigenvalue weighted by Crippen LogP contribution is -2.43. The van der Waals surface area contributed by atoms with Gasteiger partial charge >= 0.3 is 6.09 Å². The normalized spacial score (nSPS) is 25.7. The number of anilines is 1. The second kappa shape index (κ2) is 5.59. The van der Waals surface area contributed by atoms with Crippen molar-refractivity contribution in [3.63, 3.8) is 0 Å². The summed E-state index contributed by atoms with van der Waals surface area (Å²) in [5.74, 6) is 0.114. The van der Waals surface area contributed by atoms with Gasteiger partial charge in [0, 0.05) is 25.2 Å². The van der Waals surface area contributed by atoms with Crippen LogP contribution in [-0.2, 0) is 4.74 Å². The van der Waals surface area contributed by atoms with Crippen LogP contribution in [0, 0.1) is 11.2 Å². The van der Waals surface area contributed by atoms with Gasteiger partial charge in [-0.3, -0.25) is 0 Å². The maximum atomic E-state index is 13.4. The first kappa shape index (κ1) is 17.1. The first-order chi connectivity index (χ1) is 12.2. The highest BCUT2D eigenvalue weighted by Gasteiger charge is 2.51. The van der Waals surface area contributed by atoms with E-state index in [1.165, 1.54) is 12.1 Å². The summed E-state index contributed by atoms with van der Waals surface area (Å²) in [5, 5.41) is 0. The lowest BCUT2D eigenvalue weighted by molar-refractivity contribution is 0.0200. The summed E-state index contributed by atoms with van der Waals surface area (Å²) in [7, 11) is 0. The van der Waals surface area contributed by atoms with E-state index in [-0.39, 0.29) is 23.4 Å². The van der Waals surface area contributed by atoms with Crippen LogP contribution in [0.4, 0.5) is 15.1 Å². The molecule has 1 aromatic heterocycles. The zero-order chi connectivity index (χ0) is 18.7. The van der Waals surface area contributed by atoms with E-state index < -0.39 is 5.60 Å². The molecule has 1 aliphatic carbocycles. The Kier molecular flexibility index (Phi) is 3.68. The van der Waals surface area contributed by atoms with E-state index in [0.29, 0.717) is 11.5 Å². The van der Waals surface area contributed by atoms with Crippen LogP contribution in [0.1, 0.15) is 46.1 Å². The number of imidazole rings is 1. The van der Waals surface area contributed by atoms with Crippen molar-refractivity contribution in [3.8, 4) is 0 Å². The molecular formula is C19H25FN4O2. The van der Waals surface area contributed by atoms with Crippen molar-refractivity contribution in [2.45, 2.75) is 51.7 Å². The number of nitrogens with zero attached hydrogens (tertiary/aromatic N) is 3. The summed E-state index contributed by atoms with van der Waals surface area (Å²) in [6.45, 7) is 7.09. The van der Waals surface area contributed by atoms with Gasteiger partial charge < -0.3 is 19.9 Å². The fraction of sp³-hybridized carbons (Fsp3) is 0.579. The Bertz CT molecular complexity index is 864. The molecule has 1 aliphatic heterocycles. The lowest BCUT2D eigenvalue weighted by atomic mass is 9.65. The quantitative estimate of drug-likeness (QED) is 0.841. The molecule has 6 nitrogen and oxygen atoms in total. The van der Waals surface area contributed by atoms with E-state index >= 15 is 0 Å². The number of amides is 1. The Hall–Kier alpha value is -2.31. The van der Waals surface area contributed by atoms with Crippen molar-refractivity contribution < 1.29 is 13.9 Å². The molecule has 0 unspecified atom stereocenters. The molecule has 1 spiro atoms. The summed E-state index contributed by atoms with van der Waals surface area (Å²) in [6, 6.07) is 4.83. The molecule has 2 N–H and O–H groups in total. The molecule has 1 saturated heterocycles. The zero-order valence-corrected chi connectivity index (χ0v) is 15.5. The van der Waals surface area contributed by atoms with E-state index in [2.05, 4.69) is 4.98 Å². The summed E-state index contributed by atoms with van der Waals surface area (Å²) in [4.78, 5) is 18.4. The van der Waals surface area contributed by atoms with Crippen molar-refractivity contribution in [3.05, 3.63) is 24.0 Å². The van der Waals surface area contributed by atoms with Gasteiger partial charge in [0.25, 0.3) is 0 Å². The summed E-state index contributed by atoms with van der Waals surface area (Å²) in [6.07, 6.45) is 2.63. The molecule has 26 heavy (non-hydrogen) atoms. The van der Waals surface area contributed by atoms with Gasteiger partial charge in [-0.05, 0) is 57.6 Å². The summed E-state index contributed by atoms with van der Waals surface area (Å²) < 4.78 is 20.9. The van der Waals surface area contributed by atoms with Crippen LogP contribution in [0.3, 0.4) is 0 Å². The Morgan fingerprint density at radius 3 is 2.81 bits per heavy atom. The number of hydrogen-bond donors (Lipinski definition) is 1. The van der Waals surface area contributed by atoms with Crippen LogP contribution in [0.2, 0.25) is 0 Å². The van der Waals surface area contributed by atoms with E-state index in [0.717, 1.165) is 37.9 Å². The molecular weight excluding hydrogens is 335 g/mol. The maximum Gasteiger partial charge on any atom is 0.410 e. The number of aromatic nitrogens is 2. The number of benzene rings is 1. The van der Waals surface area contributed by atoms with E-state index in [1.807, 2.05) is 30.2 Å². The summed E-state index contributed by atoms with van der Waals surface area (Å²) >= 11 is 0. The highest BCUT2D eigenvalue weighted by Crippen LogP contribution is 2.55. The van der Waals surface area contributed by atoms with Crippen LogP contribution < -0.4 is 5.73 Å². The minimum absolute atomic E-state index is 0.130. The number of carbonyl (C=O) groups excluding carboxylic acids is 1. The van der Waals surface area contributed by atoms with Gasteiger partial charge in [0.1, 0.15) is 11.4 Å². The smallest absolute Gasteiger partial charge is 0.410 e. The highest BCUT2D eigenvalue weighted by atomic mass is 19.1. The number of likely N-dealkylation sites (tertiary alicyclic amines) is 1. The third-order valence-electron chi connectivity index (χ3n) is 5.47. The minimum atomic E-state index is -0.478. The van der Waals surface area contributed by atoms with Crippen LogP contribution in [-0.4, -0.2) is 39.2 Å². The SMILES string of the molecule is CC(C)(C)OC(=O)N1CC[C@]2(C1)C[C@H](n1c(N)nc3cc(F)ccc31)C2. The third-order valence-corrected chi connectivity index (χ3v) is 5.47. The number of halogens is 1. The Morgan fingerprint density at radius 1 is 1.38 bits per heavy atom. The first-order valence-electron chi connectivity index (χ1n) is 9.07. The van der Waals surface area contributed by atoms with Crippen LogP contribution >= 0.6 is 0 Å². The molecule has 140 valence electrons. The Labute approximate surface area is 152 Å². The average molecular weight is 360 g/mol. The van der Waals surface area contributed by atoms with Crippen molar-refractivity contribution in [2.75, 3.05) is 18.8 Å². The maximum absolute atomic E-state index is 13.4. The van der Waals surface area contributed by atoms with Gasteiger partial charge in [-0.25, -0.2) is 14.2 Å². The standard InChI is InChI=1S/C19H25FN4O2/c1-18(2,3)26-17(25)23-7-6-19(11-23)9-13(10-19)24-15-5-4-12(20)8-14(15)22-16(24)21/h4-5,8,13H,6-7,9-11H2,1-3H3,(H2,21,22)/t13-,19-. The van der Waals surface area contributed by atoms with Gasteiger partial charge in [0.15, 0.2) is 0 Å². The number of nitrogen functional groups attached to an aromatic ring is 1. The predicted molar refractivity (Wildman–Crippen MR) is 97.2 cm³/mol. The molecule has 2 aromatic rings. The number of nitrogens with two attached hydrogens (primary N) is 1. The molecule has 4 rings (SSSR count). The van der Waals surface area contributed by atoms with Gasteiger partial charge in [-0.2, -0.15) is 0 Å². The van der Waals surface area contributed by atoms with Crippen molar-refractivity contribution in [2.24, 2.45) is 5.41 Å². The molecule has 1 amide bonds. The van der Waals surface area contributed by atoms with E-state index in [1.54, 1.807) is 6.07 Å². The molecule has 0 atom stereocenters. The molecule has 1 aromatic carbocycles. The molecule has 7 heteroatoms. The Morgan fingerprint density at radius 2 is 2.12 bits per heavy atom. The monoisotopic (exact) mass is 360 g/mol. The van der Waals surface area contributed by atoms with Gasteiger partial charge in [0.2, 0.25) is 5.95 Å². The predicted octanol–water partition coefficient (Wildman–Crippen LogP) is 3.72. The highest BCUT2D eigenvalue weighted by molar-refractivity contribution is 5.78. The van der Waals surface area contributed by atoms with E-state index in [9.17, 15) is 9.18 Å².